The molecule has 0 unspecified atom stereocenters. The van der Waals surface area contributed by atoms with Crippen molar-refractivity contribution in [2.45, 2.75) is 25.0 Å². The molecule has 4 nitrogen and oxygen atoms in total. The lowest BCUT2D eigenvalue weighted by molar-refractivity contribution is -0.126. The van der Waals surface area contributed by atoms with E-state index in [0.717, 1.165) is 18.2 Å². The third kappa shape index (κ3) is 4.12. The molecule has 19 heavy (non-hydrogen) atoms. The van der Waals surface area contributed by atoms with Crippen LogP contribution in [0.1, 0.15) is 12.8 Å². The SMILES string of the molecule is Cl.NC[C@H]1CC[C@@H](C(=O)Nc2cc(F)cc(F)c2)O1. The molecule has 2 rings (SSSR count). The van der Waals surface area contributed by atoms with Gasteiger partial charge in [0.2, 0.25) is 0 Å². The van der Waals surface area contributed by atoms with Crippen molar-refractivity contribution in [1.82, 2.24) is 0 Å². The van der Waals surface area contributed by atoms with Crippen molar-refractivity contribution in [2.75, 3.05) is 11.9 Å². The molecule has 7 heteroatoms. The van der Waals surface area contributed by atoms with Crippen LogP contribution in [0.25, 0.3) is 0 Å². The lowest BCUT2D eigenvalue weighted by atomic mass is 10.2. The second-order valence-electron chi connectivity index (χ2n) is 4.21. The summed E-state index contributed by atoms with van der Waals surface area (Å²) >= 11 is 0. The van der Waals surface area contributed by atoms with Crippen LogP contribution in [0.5, 0.6) is 0 Å². The molecule has 0 spiro atoms. The second-order valence-corrected chi connectivity index (χ2v) is 4.21. The highest BCUT2D eigenvalue weighted by molar-refractivity contribution is 5.94. The van der Waals surface area contributed by atoms with Crippen molar-refractivity contribution in [2.24, 2.45) is 5.73 Å². The Hall–Kier alpha value is -1.24. The average Bonchev–Trinajstić information content (AvgIpc) is 2.75. The lowest BCUT2D eigenvalue weighted by Crippen LogP contribution is -2.29. The molecule has 0 bridgehead atoms. The van der Waals surface area contributed by atoms with Crippen LogP contribution in [-0.4, -0.2) is 24.7 Å². The van der Waals surface area contributed by atoms with Crippen LogP contribution < -0.4 is 11.1 Å². The Balaban J connectivity index is 0.00000180. The maximum absolute atomic E-state index is 12.9. The predicted octanol–water partition coefficient (Wildman–Crippen LogP) is 1.83. The first kappa shape index (κ1) is 15.8. The number of nitrogens with two attached hydrogens (primary N) is 1. The number of halogens is 3. The van der Waals surface area contributed by atoms with Gasteiger partial charge in [0.15, 0.2) is 0 Å². The Labute approximate surface area is 115 Å². The van der Waals surface area contributed by atoms with Gasteiger partial charge in [0.25, 0.3) is 5.91 Å². The van der Waals surface area contributed by atoms with Crippen LogP contribution in [-0.2, 0) is 9.53 Å². The molecular weight excluding hydrogens is 278 g/mol. The zero-order valence-corrected chi connectivity index (χ0v) is 10.9. The van der Waals surface area contributed by atoms with Gasteiger partial charge in [-0.05, 0) is 25.0 Å². The molecule has 1 aromatic rings. The Morgan fingerprint density at radius 3 is 2.47 bits per heavy atom. The highest BCUT2D eigenvalue weighted by Crippen LogP contribution is 2.21. The number of anilines is 1. The zero-order valence-electron chi connectivity index (χ0n) is 10.1. The molecule has 0 aliphatic carbocycles. The summed E-state index contributed by atoms with van der Waals surface area (Å²) in [5.41, 5.74) is 5.51. The van der Waals surface area contributed by atoms with E-state index in [1.807, 2.05) is 0 Å². The average molecular weight is 293 g/mol. The highest BCUT2D eigenvalue weighted by atomic mass is 35.5. The fraction of sp³-hybridized carbons (Fsp3) is 0.417. The summed E-state index contributed by atoms with van der Waals surface area (Å²) in [5, 5.41) is 2.43. The summed E-state index contributed by atoms with van der Waals surface area (Å²) in [6.07, 6.45) is 0.548. The molecule has 1 heterocycles. The lowest BCUT2D eigenvalue weighted by Gasteiger charge is -2.12. The predicted molar refractivity (Wildman–Crippen MR) is 69.2 cm³/mol. The van der Waals surface area contributed by atoms with Crippen molar-refractivity contribution in [1.29, 1.82) is 0 Å². The minimum Gasteiger partial charge on any atom is -0.364 e. The topological polar surface area (TPSA) is 64.4 Å². The molecular formula is C12H15ClF2N2O2. The molecule has 1 aliphatic heterocycles. The van der Waals surface area contributed by atoms with Crippen molar-refractivity contribution in [3.8, 4) is 0 Å². The molecule has 106 valence electrons. The van der Waals surface area contributed by atoms with Gasteiger partial charge in [-0.1, -0.05) is 0 Å². The Kier molecular flexibility index (Phi) is 5.65. The summed E-state index contributed by atoms with van der Waals surface area (Å²) in [6, 6.07) is 2.85. The Bertz CT molecular complexity index is 439. The number of nitrogens with one attached hydrogen (secondary N) is 1. The van der Waals surface area contributed by atoms with Gasteiger partial charge < -0.3 is 15.8 Å². The van der Waals surface area contributed by atoms with E-state index in [4.69, 9.17) is 10.5 Å². The van der Waals surface area contributed by atoms with Crippen LogP contribution in [0, 0.1) is 11.6 Å². The van der Waals surface area contributed by atoms with Gasteiger partial charge in [0.1, 0.15) is 17.7 Å². The smallest absolute Gasteiger partial charge is 0.253 e. The summed E-state index contributed by atoms with van der Waals surface area (Å²) in [6.45, 7) is 0.359. The maximum Gasteiger partial charge on any atom is 0.253 e. The summed E-state index contributed by atoms with van der Waals surface area (Å²) in [4.78, 5) is 11.8. The van der Waals surface area contributed by atoms with Crippen LogP contribution in [0.4, 0.5) is 14.5 Å². The van der Waals surface area contributed by atoms with Gasteiger partial charge in [-0.25, -0.2) is 8.78 Å². The van der Waals surface area contributed by atoms with Crippen molar-refractivity contribution in [3.05, 3.63) is 29.8 Å². The highest BCUT2D eigenvalue weighted by Gasteiger charge is 2.29. The third-order valence-corrected chi connectivity index (χ3v) is 2.79. The number of hydrogen-bond donors (Lipinski definition) is 2. The second kappa shape index (κ2) is 6.79. The van der Waals surface area contributed by atoms with Crippen LogP contribution in [0.3, 0.4) is 0 Å². The summed E-state index contributed by atoms with van der Waals surface area (Å²) in [5.74, 6) is -1.88. The largest absolute Gasteiger partial charge is 0.364 e. The molecule has 0 saturated carbocycles. The van der Waals surface area contributed by atoms with Crippen LogP contribution in [0.15, 0.2) is 18.2 Å². The summed E-state index contributed by atoms with van der Waals surface area (Å²) < 4.78 is 31.2. The van der Waals surface area contributed by atoms with E-state index in [-0.39, 0.29) is 24.2 Å². The third-order valence-electron chi connectivity index (χ3n) is 2.79. The van der Waals surface area contributed by atoms with Gasteiger partial charge in [0, 0.05) is 18.3 Å². The molecule has 1 amide bonds. The monoisotopic (exact) mass is 292 g/mol. The molecule has 1 aromatic carbocycles. The molecule has 1 aliphatic rings. The maximum atomic E-state index is 12.9. The first-order valence-electron chi connectivity index (χ1n) is 5.71. The summed E-state index contributed by atoms with van der Waals surface area (Å²) in [7, 11) is 0. The van der Waals surface area contributed by atoms with Crippen molar-refractivity contribution < 1.29 is 18.3 Å². The number of rotatable bonds is 3. The minimum absolute atomic E-state index is 0. The van der Waals surface area contributed by atoms with Gasteiger partial charge in [-0.3, -0.25) is 4.79 Å². The Morgan fingerprint density at radius 2 is 1.95 bits per heavy atom. The fourth-order valence-electron chi connectivity index (χ4n) is 1.92. The van der Waals surface area contributed by atoms with E-state index in [1.54, 1.807) is 0 Å². The zero-order chi connectivity index (χ0) is 13.1. The molecule has 1 fully saturated rings. The molecule has 0 aromatic heterocycles. The van der Waals surface area contributed by atoms with Gasteiger partial charge in [-0.15, -0.1) is 12.4 Å². The number of amides is 1. The first-order chi connectivity index (χ1) is 8.58. The normalized spacial score (nSPS) is 21.8. The standard InChI is InChI=1S/C12H14F2N2O2.ClH/c13-7-3-8(14)5-9(4-7)16-12(17)11-2-1-10(6-15)18-11;/h3-5,10-11H,1-2,6,15H2,(H,16,17);1H/t10-,11+;/m1./s1. The number of ether oxygens (including phenoxy) is 1. The van der Waals surface area contributed by atoms with Crippen LogP contribution in [0.2, 0.25) is 0 Å². The van der Waals surface area contributed by atoms with Crippen molar-refractivity contribution >= 4 is 24.0 Å². The number of hydrogen-bond acceptors (Lipinski definition) is 3. The minimum atomic E-state index is -0.738. The first-order valence-corrected chi connectivity index (χ1v) is 5.71. The fourth-order valence-corrected chi connectivity index (χ4v) is 1.92. The quantitative estimate of drug-likeness (QED) is 0.893. The van der Waals surface area contributed by atoms with Gasteiger partial charge >= 0.3 is 0 Å². The number of carbonyl (C=O) groups is 1. The van der Waals surface area contributed by atoms with Crippen LogP contribution >= 0.6 is 12.4 Å². The molecule has 3 N–H and O–H groups in total. The van der Waals surface area contributed by atoms with E-state index < -0.39 is 23.6 Å². The molecule has 1 saturated heterocycles. The van der Waals surface area contributed by atoms with E-state index >= 15 is 0 Å². The molecule has 0 radical (unpaired) electrons. The van der Waals surface area contributed by atoms with Gasteiger partial charge in [-0.2, -0.15) is 0 Å². The van der Waals surface area contributed by atoms with E-state index in [1.165, 1.54) is 0 Å². The van der Waals surface area contributed by atoms with E-state index in [9.17, 15) is 13.6 Å². The van der Waals surface area contributed by atoms with E-state index in [0.29, 0.717) is 19.4 Å². The number of carbonyl (C=O) groups excluding carboxylic acids is 1. The van der Waals surface area contributed by atoms with Crippen molar-refractivity contribution in [3.63, 3.8) is 0 Å². The number of benzene rings is 1. The Morgan fingerprint density at radius 1 is 1.32 bits per heavy atom. The van der Waals surface area contributed by atoms with E-state index in [2.05, 4.69) is 5.32 Å². The van der Waals surface area contributed by atoms with Gasteiger partial charge in [0.05, 0.1) is 6.10 Å². The molecule has 2 atom stereocenters.